The number of fused-ring (bicyclic) bond motifs is 1. The van der Waals surface area contributed by atoms with Crippen LogP contribution in [0, 0.1) is 11.8 Å². The predicted octanol–water partition coefficient (Wildman–Crippen LogP) is 1.99. The van der Waals surface area contributed by atoms with E-state index in [2.05, 4.69) is 5.32 Å². The number of esters is 2. The van der Waals surface area contributed by atoms with Crippen molar-refractivity contribution in [2.45, 2.75) is 69.9 Å². The van der Waals surface area contributed by atoms with Crippen LogP contribution in [0.3, 0.4) is 0 Å². The molecule has 41 heavy (non-hydrogen) atoms. The highest BCUT2D eigenvalue weighted by molar-refractivity contribution is 5.81. The molecule has 11 heteroatoms. The largest absolute Gasteiger partial charge is 0.481 e. The number of ether oxygens (including phenoxy) is 4. The molecule has 3 N–H and O–H groups in total. The van der Waals surface area contributed by atoms with Gasteiger partial charge in [0.25, 0.3) is 0 Å². The molecule has 0 radical (unpaired) electrons. The number of amides is 1. The number of hydrogen-bond acceptors (Lipinski definition) is 9. The van der Waals surface area contributed by atoms with E-state index in [1.165, 1.54) is 0 Å². The maximum absolute atomic E-state index is 13.2. The summed E-state index contributed by atoms with van der Waals surface area (Å²) in [5.74, 6) is -5.45. The van der Waals surface area contributed by atoms with Gasteiger partial charge in [0.1, 0.15) is 6.10 Å². The fourth-order valence-electron chi connectivity index (χ4n) is 5.09. The smallest absolute Gasteiger partial charge is 0.338 e. The Labute approximate surface area is 237 Å². The molecule has 0 bridgehead atoms. The number of rotatable bonds is 13. The van der Waals surface area contributed by atoms with Crippen LogP contribution >= 0.6 is 0 Å². The van der Waals surface area contributed by atoms with Gasteiger partial charge in [0.15, 0.2) is 18.0 Å². The zero-order chi connectivity index (χ0) is 29.6. The monoisotopic (exact) mass is 569 g/mol. The summed E-state index contributed by atoms with van der Waals surface area (Å²) in [5, 5.41) is 23.0. The number of aliphatic hydroxyl groups is 1. The van der Waals surface area contributed by atoms with Crippen LogP contribution < -0.4 is 5.32 Å². The molecule has 0 aliphatic carbocycles. The molecule has 2 aliphatic rings. The Kier molecular flexibility index (Phi) is 9.74. The lowest BCUT2D eigenvalue weighted by molar-refractivity contribution is -0.221. The van der Waals surface area contributed by atoms with Gasteiger partial charge in [-0.05, 0) is 44.2 Å². The predicted molar refractivity (Wildman–Crippen MR) is 143 cm³/mol. The van der Waals surface area contributed by atoms with Gasteiger partial charge in [-0.1, -0.05) is 60.7 Å². The Balaban J connectivity index is 1.32. The highest BCUT2D eigenvalue weighted by Crippen LogP contribution is 2.37. The van der Waals surface area contributed by atoms with E-state index in [9.17, 15) is 29.4 Å². The number of benzene rings is 2. The van der Waals surface area contributed by atoms with Crippen LogP contribution in [0.15, 0.2) is 60.7 Å². The number of carbonyl (C=O) groups excluding carboxylic acids is 3. The number of carboxylic acids is 1. The van der Waals surface area contributed by atoms with Crippen molar-refractivity contribution >= 4 is 23.8 Å². The van der Waals surface area contributed by atoms with Gasteiger partial charge in [0, 0.05) is 12.5 Å². The van der Waals surface area contributed by atoms with Crippen molar-refractivity contribution in [2.24, 2.45) is 11.8 Å². The first-order valence-electron chi connectivity index (χ1n) is 13.5. The summed E-state index contributed by atoms with van der Waals surface area (Å²) in [6, 6.07) is 18.5. The van der Waals surface area contributed by atoms with Crippen molar-refractivity contribution < 1.29 is 48.3 Å². The van der Waals surface area contributed by atoms with Crippen molar-refractivity contribution in [2.75, 3.05) is 6.54 Å². The average Bonchev–Trinajstić information content (AvgIpc) is 3.41. The third-order valence-corrected chi connectivity index (χ3v) is 7.04. The zero-order valence-electron chi connectivity index (χ0n) is 22.9. The number of nitrogens with one attached hydrogen (secondary N) is 1. The molecule has 2 fully saturated rings. The van der Waals surface area contributed by atoms with E-state index in [1.54, 1.807) is 13.8 Å². The van der Waals surface area contributed by atoms with Gasteiger partial charge in [0.2, 0.25) is 12.2 Å². The summed E-state index contributed by atoms with van der Waals surface area (Å²) in [4.78, 5) is 49.7. The van der Waals surface area contributed by atoms with Crippen molar-refractivity contribution in [3.63, 3.8) is 0 Å². The first-order chi connectivity index (χ1) is 19.5. The highest BCUT2D eigenvalue weighted by atomic mass is 16.8. The summed E-state index contributed by atoms with van der Waals surface area (Å²) in [6.07, 6.45) is -4.57. The Bertz CT molecular complexity index is 1220. The molecule has 0 saturated carbocycles. The minimum absolute atomic E-state index is 0.0993. The zero-order valence-corrected chi connectivity index (χ0v) is 22.9. The second-order valence-corrected chi connectivity index (χ2v) is 10.7. The summed E-state index contributed by atoms with van der Waals surface area (Å²) in [5.41, 5.74) is 1.74. The van der Waals surface area contributed by atoms with Crippen molar-refractivity contribution in [3.8, 4) is 0 Å². The molecule has 11 nitrogen and oxygen atoms in total. The Morgan fingerprint density at radius 1 is 0.951 bits per heavy atom. The topological polar surface area (TPSA) is 158 Å². The minimum atomic E-state index is -1.78. The quantitative estimate of drug-likeness (QED) is 0.241. The molecule has 4 rings (SSSR count). The van der Waals surface area contributed by atoms with Gasteiger partial charge in [-0.2, -0.15) is 0 Å². The number of cyclic esters (lactones) is 1. The molecule has 0 aromatic heterocycles. The summed E-state index contributed by atoms with van der Waals surface area (Å²) < 4.78 is 21.2. The van der Waals surface area contributed by atoms with Crippen LogP contribution in [0.2, 0.25) is 0 Å². The molecule has 1 unspecified atom stereocenters. The van der Waals surface area contributed by atoms with Crippen LogP contribution in [-0.2, 0) is 51.0 Å². The second-order valence-electron chi connectivity index (χ2n) is 10.7. The van der Waals surface area contributed by atoms with Gasteiger partial charge in [-0.3, -0.25) is 14.4 Å². The molecule has 0 spiro atoms. The van der Waals surface area contributed by atoms with E-state index < -0.39 is 66.0 Å². The number of carbonyl (C=O) groups is 4. The maximum Gasteiger partial charge on any atom is 0.338 e. The first-order valence-corrected chi connectivity index (χ1v) is 13.5. The van der Waals surface area contributed by atoms with Crippen molar-refractivity contribution in [1.82, 2.24) is 5.32 Å². The van der Waals surface area contributed by atoms with Gasteiger partial charge in [-0.15, -0.1) is 0 Å². The van der Waals surface area contributed by atoms with Gasteiger partial charge in [0.05, 0.1) is 12.3 Å². The van der Waals surface area contributed by atoms with Crippen LogP contribution in [0.25, 0.3) is 0 Å². The molecule has 1 amide bonds. The van der Waals surface area contributed by atoms with Gasteiger partial charge >= 0.3 is 17.9 Å². The fourth-order valence-corrected chi connectivity index (χ4v) is 5.09. The fraction of sp³-hybridized carbons (Fsp3) is 0.467. The lowest BCUT2D eigenvalue weighted by atomic mass is 9.85. The highest BCUT2D eigenvalue weighted by Gasteiger charge is 2.58. The van der Waals surface area contributed by atoms with E-state index >= 15 is 0 Å². The van der Waals surface area contributed by atoms with Gasteiger partial charge < -0.3 is 34.5 Å². The third kappa shape index (κ3) is 8.12. The number of carboxylic acid groups (broad SMARTS) is 1. The normalized spacial score (nSPS) is 23.1. The van der Waals surface area contributed by atoms with Gasteiger partial charge in [-0.25, -0.2) is 4.79 Å². The maximum atomic E-state index is 13.2. The Hall–Kier alpha value is -3.80. The molecule has 2 heterocycles. The molecule has 220 valence electrons. The van der Waals surface area contributed by atoms with Crippen molar-refractivity contribution in [1.29, 1.82) is 0 Å². The van der Waals surface area contributed by atoms with Crippen LogP contribution in [-0.4, -0.2) is 71.0 Å². The van der Waals surface area contributed by atoms with Crippen LogP contribution in [0.5, 0.6) is 0 Å². The molecular weight excluding hydrogens is 534 g/mol. The van der Waals surface area contributed by atoms with Crippen LogP contribution in [0.1, 0.15) is 37.8 Å². The average molecular weight is 570 g/mol. The summed E-state index contributed by atoms with van der Waals surface area (Å²) in [6.45, 7) is 3.12. The molecule has 2 saturated heterocycles. The van der Waals surface area contributed by atoms with E-state index in [1.807, 2.05) is 60.7 Å². The lowest BCUT2D eigenvalue weighted by Crippen LogP contribution is -2.41. The Morgan fingerprint density at radius 2 is 1.54 bits per heavy atom. The minimum Gasteiger partial charge on any atom is -0.481 e. The number of aliphatic hydroxyl groups excluding tert-OH is 1. The SMILES string of the molecule is CC1(C)O[C@@H]2[C@@H](C(O)OC(=O)CCNC(=O)[C@H](Cc3ccccc3)C[C@@H](Cc3ccccc3)C(=O)O)OC(=O)[C@@H]2O1. The third-order valence-electron chi connectivity index (χ3n) is 7.04. The van der Waals surface area contributed by atoms with Crippen LogP contribution in [0.4, 0.5) is 0 Å². The molecule has 6 atom stereocenters. The van der Waals surface area contributed by atoms with E-state index in [0.717, 1.165) is 11.1 Å². The molecule has 2 aliphatic heterocycles. The number of hydrogen-bond donors (Lipinski definition) is 3. The second kappa shape index (κ2) is 13.2. The standard InChI is InChI=1S/C30H35NO10/c1-30(2)40-23-24(39-29(37)25(23)41-30)28(36)38-22(32)13-14-31-26(33)20(15-18-9-5-3-6-10-18)17-21(27(34)35)16-19-11-7-4-8-12-19/h3-12,20-21,23-25,28,36H,13-17H2,1-2H3,(H,31,33)(H,34,35)/t20-,21-,23-,24+,25-,28?/m1/s1. The molecular formula is C30H35NO10. The summed E-state index contributed by atoms with van der Waals surface area (Å²) >= 11 is 0. The van der Waals surface area contributed by atoms with E-state index in [-0.39, 0.29) is 25.8 Å². The van der Waals surface area contributed by atoms with Crippen molar-refractivity contribution in [3.05, 3.63) is 71.8 Å². The lowest BCUT2D eigenvalue weighted by Gasteiger charge is -2.24. The Morgan fingerprint density at radius 3 is 2.12 bits per heavy atom. The van der Waals surface area contributed by atoms with E-state index in [4.69, 9.17) is 18.9 Å². The summed E-state index contributed by atoms with van der Waals surface area (Å²) in [7, 11) is 0. The first kappa shape index (κ1) is 30.2. The number of aliphatic carboxylic acids is 1. The molecule has 2 aromatic rings. The van der Waals surface area contributed by atoms with E-state index in [0.29, 0.717) is 6.42 Å². The molecule has 2 aromatic carbocycles.